The number of hydrogen-bond acceptors (Lipinski definition) is 3. The molecular weight excluding hydrogens is 319 g/mol. The molecule has 25 heavy (non-hydrogen) atoms. The van der Waals surface area contributed by atoms with Crippen molar-refractivity contribution < 1.29 is 14.0 Å². The molecule has 0 aromatic heterocycles. The van der Waals surface area contributed by atoms with E-state index in [9.17, 15) is 14.0 Å². The molecule has 0 bridgehead atoms. The molecule has 0 aliphatic rings. The minimum atomic E-state index is -0.696. The highest BCUT2D eigenvalue weighted by molar-refractivity contribution is 5.98. The molecule has 4 nitrogen and oxygen atoms in total. The Kier molecular flexibility index (Phi) is 6.04. The van der Waals surface area contributed by atoms with Crippen LogP contribution in [-0.2, 0) is 0 Å². The van der Waals surface area contributed by atoms with Crippen molar-refractivity contribution >= 4 is 11.7 Å². The number of benzene rings is 2. The van der Waals surface area contributed by atoms with E-state index in [-0.39, 0.29) is 29.0 Å². The summed E-state index contributed by atoms with van der Waals surface area (Å²) in [5.41, 5.74) is 1.24. The van der Waals surface area contributed by atoms with E-state index in [1.54, 1.807) is 0 Å². The van der Waals surface area contributed by atoms with Gasteiger partial charge in [-0.05, 0) is 45.6 Å². The molecule has 2 aromatic rings. The van der Waals surface area contributed by atoms with Gasteiger partial charge in [-0.25, -0.2) is 4.39 Å². The van der Waals surface area contributed by atoms with Crippen LogP contribution in [0.25, 0.3) is 0 Å². The molecule has 2 aromatic carbocycles. The predicted molar refractivity (Wildman–Crippen MR) is 96.2 cm³/mol. The SMILES string of the molecule is CC(=O)c1ccc(C(=O)N[C@@H](C)[C@H](c2ccccc2)N(C)C)c(F)c1. The number of amides is 1. The Labute approximate surface area is 147 Å². The maximum absolute atomic E-state index is 14.2. The third kappa shape index (κ3) is 4.51. The molecule has 0 saturated carbocycles. The highest BCUT2D eigenvalue weighted by Crippen LogP contribution is 2.22. The minimum absolute atomic E-state index is 0.0512. The molecule has 132 valence electrons. The van der Waals surface area contributed by atoms with Gasteiger partial charge in [0.25, 0.3) is 5.91 Å². The van der Waals surface area contributed by atoms with Crippen LogP contribution in [0.1, 0.15) is 46.2 Å². The van der Waals surface area contributed by atoms with E-state index in [0.29, 0.717) is 0 Å². The van der Waals surface area contributed by atoms with Gasteiger partial charge >= 0.3 is 0 Å². The first-order valence-electron chi connectivity index (χ1n) is 8.14. The number of Topliss-reactive ketones (excluding diaryl/α,β-unsaturated/α-hetero) is 1. The molecule has 0 saturated heterocycles. The maximum Gasteiger partial charge on any atom is 0.254 e. The largest absolute Gasteiger partial charge is 0.348 e. The summed E-state index contributed by atoms with van der Waals surface area (Å²) >= 11 is 0. The third-order valence-electron chi connectivity index (χ3n) is 4.15. The molecular formula is C20H23FN2O2. The molecule has 0 aliphatic heterocycles. The lowest BCUT2D eigenvalue weighted by Gasteiger charge is -2.31. The average Bonchev–Trinajstić information content (AvgIpc) is 2.55. The number of nitrogens with zero attached hydrogens (tertiary/aromatic N) is 1. The van der Waals surface area contributed by atoms with Gasteiger partial charge in [-0.3, -0.25) is 9.59 Å². The van der Waals surface area contributed by atoms with Crippen LogP contribution in [0, 0.1) is 5.82 Å². The monoisotopic (exact) mass is 342 g/mol. The van der Waals surface area contributed by atoms with Gasteiger partial charge in [-0.1, -0.05) is 36.4 Å². The number of halogens is 1. The second-order valence-electron chi connectivity index (χ2n) is 6.33. The summed E-state index contributed by atoms with van der Waals surface area (Å²) in [5.74, 6) is -1.43. The fourth-order valence-corrected chi connectivity index (χ4v) is 2.97. The summed E-state index contributed by atoms with van der Waals surface area (Å²) < 4.78 is 14.2. The molecule has 1 amide bonds. The fraction of sp³-hybridized carbons (Fsp3) is 0.300. The van der Waals surface area contributed by atoms with Gasteiger partial charge in [-0.15, -0.1) is 0 Å². The normalized spacial score (nSPS) is 13.4. The Morgan fingerprint density at radius 1 is 1.08 bits per heavy atom. The topological polar surface area (TPSA) is 49.4 Å². The van der Waals surface area contributed by atoms with Gasteiger partial charge in [0.1, 0.15) is 5.82 Å². The second kappa shape index (κ2) is 8.03. The third-order valence-corrected chi connectivity index (χ3v) is 4.15. The van der Waals surface area contributed by atoms with Crippen LogP contribution in [-0.4, -0.2) is 36.7 Å². The number of hydrogen-bond donors (Lipinski definition) is 1. The van der Waals surface area contributed by atoms with Crippen LogP contribution in [0.15, 0.2) is 48.5 Å². The highest BCUT2D eigenvalue weighted by atomic mass is 19.1. The standard InChI is InChI=1S/C20H23FN2O2/c1-13(19(23(3)4)15-8-6-5-7-9-15)22-20(25)17-11-10-16(14(2)24)12-18(17)21/h5-13,19H,1-4H3,(H,22,25)/t13-,19+/m0/s1. The van der Waals surface area contributed by atoms with Gasteiger partial charge < -0.3 is 10.2 Å². The molecule has 2 atom stereocenters. The summed E-state index contributed by atoms with van der Waals surface area (Å²) in [6.07, 6.45) is 0. The Hall–Kier alpha value is -2.53. The van der Waals surface area contributed by atoms with Gasteiger partial charge in [0.15, 0.2) is 5.78 Å². The van der Waals surface area contributed by atoms with E-state index in [2.05, 4.69) is 5.32 Å². The van der Waals surface area contributed by atoms with Crippen LogP contribution in [0.3, 0.4) is 0 Å². The van der Waals surface area contributed by atoms with Crippen molar-refractivity contribution in [3.63, 3.8) is 0 Å². The smallest absolute Gasteiger partial charge is 0.254 e. The van der Waals surface area contributed by atoms with Crippen LogP contribution < -0.4 is 5.32 Å². The first kappa shape index (κ1) is 18.8. The van der Waals surface area contributed by atoms with Crippen molar-refractivity contribution in [2.45, 2.75) is 25.9 Å². The summed E-state index contributed by atoms with van der Waals surface area (Å²) in [5, 5.41) is 2.86. The molecule has 0 spiro atoms. The summed E-state index contributed by atoms with van der Waals surface area (Å²) in [6, 6.07) is 13.4. The van der Waals surface area contributed by atoms with Gasteiger partial charge in [-0.2, -0.15) is 0 Å². The molecule has 0 radical (unpaired) electrons. The number of carbonyl (C=O) groups is 2. The minimum Gasteiger partial charge on any atom is -0.348 e. The van der Waals surface area contributed by atoms with E-state index in [1.807, 2.05) is 56.3 Å². The van der Waals surface area contributed by atoms with Crippen molar-refractivity contribution in [2.24, 2.45) is 0 Å². The summed E-state index contributed by atoms with van der Waals surface area (Å²) in [4.78, 5) is 25.8. The zero-order valence-electron chi connectivity index (χ0n) is 14.9. The molecule has 0 aliphatic carbocycles. The fourth-order valence-electron chi connectivity index (χ4n) is 2.97. The highest BCUT2D eigenvalue weighted by Gasteiger charge is 2.24. The Balaban J connectivity index is 2.20. The zero-order chi connectivity index (χ0) is 18.6. The Bertz CT molecular complexity index is 760. The number of carbonyl (C=O) groups excluding carboxylic acids is 2. The second-order valence-corrected chi connectivity index (χ2v) is 6.33. The molecule has 2 rings (SSSR count). The van der Waals surface area contributed by atoms with Gasteiger partial charge in [0, 0.05) is 11.6 Å². The number of ketones is 1. The summed E-state index contributed by atoms with van der Waals surface area (Å²) in [6.45, 7) is 3.25. The molecule has 1 N–H and O–H groups in total. The zero-order valence-corrected chi connectivity index (χ0v) is 14.9. The van der Waals surface area contributed by atoms with Crippen molar-refractivity contribution in [1.82, 2.24) is 10.2 Å². The van der Waals surface area contributed by atoms with Gasteiger partial charge in [0.2, 0.25) is 0 Å². The first-order chi connectivity index (χ1) is 11.8. The Morgan fingerprint density at radius 3 is 2.24 bits per heavy atom. The van der Waals surface area contributed by atoms with E-state index in [0.717, 1.165) is 11.6 Å². The molecule has 5 heteroatoms. The molecule has 0 fully saturated rings. The predicted octanol–water partition coefficient (Wildman–Crippen LogP) is 3.45. The van der Waals surface area contributed by atoms with Gasteiger partial charge in [0.05, 0.1) is 11.6 Å². The van der Waals surface area contributed by atoms with E-state index < -0.39 is 11.7 Å². The van der Waals surface area contributed by atoms with Crippen LogP contribution in [0.5, 0.6) is 0 Å². The first-order valence-corrected chi connectivity index (χ1v) is 8.14. The quantitative estimate of drug-likeness (QED) is 0.818. The number of nitrogens with one attached hydrogen (secondary N) is 1. The van der Waals surface area contributed by atoms with E-state index in [4.69, 9.17) is 0 Å². The molecule has 0 unspecified atom stereocenters. The number of likely N-dealkylation sites (N-methyl/N-ethyl adjacent to an activating group) is 1. The van der Waals surface area contributed by atoms with Crippen molar-refractivity contribution in [1.29, 1.82) is 0 Å². The lowest BCUT2D eigenvalue weighted by atomic mass is 9.99. The van der Waals surface area contributed by atoms with Crippen LogP contribution in [0.4, 0.5) is 4.39 Å². The number of rotatable bonds is 6. The molecule has 0 heterocycles. The lowest BCUT2D eigenvalue weighted by Crippen LogP contribution is -2.42. The maximum atomic E-state index is 14.2. The van der Waals surface area contributed by atoms with Crippen LogP contribution in [0.2, 0.25) is 0 Å². The lowest BCUT2D eigenvalue weighted by molar-refractivity contribution is 0.0909. The van der Waals surface area contributed by atoms with Crippen molar-refractivity contribution in [3.8, 4) is 0 Å². The van der Waals surface area contributed by atoms with Crippen LogP contribution >= 0.6 is 0 Å². The van der Waals surface area contributed by atoms with E-state index in [1.165, 1.54) is 19.1 Å². The summed E-state index contributed by atoms with van der Waals surface area (Å²) in [7, 11) is 3.87. The average molecular weight is 342 g/mol. The Morgan fingerprint density at radius 2 is 1.72 bits per heavy atom. The van der Waals surface area contributed by atoms with E-state index >= 15 is 0 Å². The van der Waals surface area contributed by atoms with Crippen molar-refractivity contribution in [3.05, 3.63) is 71.0 Å². The van der Waals surface area contributed by atoms with Crippen molar-refractivity contribution in [2.75, 3.05) is 14.1 Å².